The Balaban J connectivity index is 3.25. The van der Waals surface area contributed by atoms with Gasteiger partial charge in [0, 0.05) is 23.9 Å². The minimum Gasteiger partial charge on any atom is -0.760 e. The molecule has 4 nitrogen and oxygen atoms in total. The Labute approximate surface area is 63.4 Å². The molecule has 0 bridgehead atoms. The van der Waals surface area contributed by atoms with Crippen LogP contribution in [-0.4, -0.2) is 28.0 Å². The molecule has 0 saturated heterocycles. The van der Waals surface area contributed by atoms with Gasteiger partial charge in [-0.05, 0) is 13.8 Å². The fourth-order valence-electron chi connectivity index (χ4n) is 0.493. The van der Waals surface area contributed by atoms with Gasteiger partial charge in [0.05, 0.1) is 6.61 Å². The maximum Gasteiger partial charge on any atom is 0.0626 e. The Bertz CT molecular complexity index is 109. The maximum atomic E-state index is 10.0. The van der Waals surface area contributed by atoms with Gasteiger partial charge in [-0.1, -0.05) is 0 Å². The molecule has 0 aliphatic heterocycles. The van der Waals surface area contributed by atoms with E-state index in [9.17, 15) is 8.76 Å². The highest BCUT2D eigenvalue weighted by Crippen LogP contribution is 1.83. The summed E-state index contributed by atoms with van der Waals surface area (Å²) in [6, 6.07) is -0.140. The predicted molar refractivity (Wildman–Crippen MR) is 38.0 cm³/mol. The van der Waals surface area contributed by atoms with Crippen molar-refractivity contribution in [1.82, 2.24) is 4.72 Å². The van der Waals surface area contributed by atoms with Crippen LogP contribution in [0.4, 0.5) is 0 Å². The van der Waals surface area contributed by atoms with E-state index in [0.29, 0.717) is 13.2 Å². The van der Waals surface area contributed by atoms with Crippen molar-refractivity contribution in [2.45, 2.75) is 19.9 Å². The number of nitrogens with one attached hydrogen (secondary N) is 1. The van der Waals surface area contributed by atoms with Crippen molar-refractivity contribution in [2.75, 3.05) is 13.2 Å². The molecule has 0 aromatic carbocycles. The zero-order valence-electron chi connectivity index (χ0n) is 6.12. The van der Waals surface area contributed by atoms with Gasteiger partial charge in [-0.25, -0.2) is 4.72 Å². The minimum atomic E-state index is -2.18. The summed E-state index contributed by atoms with van der Waals surface area (Å²) in [6.45, 7) is 4.63. The molecule has 0 aliphatic rings. The van der Waals surface area contributed by atoms with Crippen molar-refractivity contribution in [2.24, 2.45) is 0 Å². The van der Waals surface area contributed by atoms with Crippen LogP contribution in [0, 0.1) is 0 Å². The van der Waals surface area contributed by atoms with Crippen LogP contribution < -0.4 is 4.72 Å². The molecular weight excluding hydrogens is 154 g/mol. The Morgan fingerprint density at radius 2 is 2.40 bits per heavy atom. The predicted octanol–water partition coefficient (Wildman–Crippen LogP) is -0.205. The Morgan fingerprint density at radius 3 is 2.80 bits per heavy atom. The van der Waals surface area contributed by atoms with Crippen LogP contribution in [0.3, 0.4) is 0 Å². The third kappa shape index (κ3) is 6.15. The second-order valence-electron chi connectivity index (χ2n) is 1.91. The van der Waals surface area contributed by atoms with Crippen molar-refractivity contribution in [3.8, 4) is 0 Å². The van der Waals surface area contributed by atoms with Crippen LogP contribution in [0.1, 0.15) is 13.8 Å². The van der Waals surface area contributed by atoms with Crippen molar-refractivity contribution >= 4 is 11.3 Å². The summed E-state index contributed by atoms with van der Waals surface area (Å²) in [5, 5.41) is 0. The first-order valence-electron chi connectivity index (χ1n) is 3.10. The number of ether oxygens (including phenoxy) is 1. The van der Waals surface area contributed by atoms with E-state index in [4.69, 9.17) is 4.74 Å². The lowest BCUT2D eigenvalue weighted by Crippen LogP contribution is -2.31. The number of hydrogen-bond donors (Lipinski definition) is 1. The summed E-state index contributed by atoms with van der Waals surface area (Å²) in [5.74, 6) is 0. The Hall–Kier alpha value is 0.0300. The van der Waals surface area contributed by atoms with Gasteiger partial charge in [0.1, 0.15) is 0 Å². The molecule has 0 fully saturated rings. The highest BCUT2D eigenvalue weighted by atomic mass is 32.2. The summed E-state index contributed by atoms with van der Waals surface area (Å²) in [5.41, 5.74) is 0. The van der Waals surface area contributed by atoms with Gasteiger partial charge in [-0.2, -0.15) is 0 Å². The lowest BCUT2D eigenvalue weighted by Gasteiger charge is -2.14. The smallest absolute Gasteiger partial charge is 0.0626 e. The summed E-state index contributed by atoms with van der Waals surface area (Å²) in [7, 11) is 0. The fraction of sp³-hybridized carbons (Fsp3) is 1.00. The van der Waals surface area contributed by atoms with E-state index in [1.54, 1.807) is 6.92 Å². The average Bonchev–Trinajstić information content (AvgIpc) is 1.82. The number of rotatable bonds is 5. The van der Waals surface area contributed by atoms with Gasteiger partial charge in [0.2, 0.25) is 0 Å². The molecule has 0 spiro atoms. The summed E-state index contributed by atoms with van der Waals surface area (Å²) >= 11 is -2.18. The largest absolute Gasteiger partial charge is 0.760 e. The van der Waals surface area contributed by atoms with Crippen molar-refractivity contribution in [1.29, 1.82) is 0 Å². The van der Waals surface area contributed by atoms with Gasteiger partial charge in [-0.3, -0.25) is 4.21 Å². The Kier molecular flexibility index (Phi) is 5.81. The van der Waals surface area contributed by atoms with Gasteiger partial charge < -0.3 is 9.29 Å². The number of hydrogen-bond acceptors (Lipinski definition) is 3. The molecular formula is C5H12NO3S-. The van der Waals surface area contributed by atoms with Crippen molar-refractivity contribution < 1.29 is 13.5 Å². The van der Waals surface area contributed by atoms with Crippen LogP contribution in [0.2, 0.25) is 0 Å². The lowest BCUT2D eigenvalue weighted by molar-refractivity contribution is 0.133. The van der Waals surface area contributed by atoms with Crippen LogP contribution in [-0.2, 0) is 16.0 Å². The summed E-state index contributed by atoms with van der Waals surface area (Å²) in [6.07, 6.45) is 0. The van der Waals surface area contributed by atoms with Crippen LogP contribution >= 0.6 is 0 Å². The summed E-state index contributed by atoms with van der Waals surface area (Å²) < 4.78 is 27.2. The molecule has 0 radical (unpaired) electrons. The highest BCUT2D eigenvalue weighted by molar-refractivity contribution is 7.77. The first-order valence-corrected chi connectivity index (χ1v) is 4.17. The molecule has 0 rings (SSSR count). The maximum absolute atomic E-state index is 10.0. The second kappa shape index (κ2) is 5.79. The first kappa shape index (κ1) is 10.0. The van der Waals surface area contributed by atoms with E-state index in [1.807, 2.05) is 6.92 Å². The molecule has 62 valence electrons. The molecule has 10 heavy (non-hydrogen) atoms. The zero-order chi connectivity index (χ0) is 7.98. The van der Waals surface area contributed by atoms with Crippen molar-refractivity contribution in [3.05, 3.63) is 0 Å². The van der Waals surface area contributed by atoms with Gasteiger partial charge >= 0.3 is 0 Å². The first-order chi connectivity index (χ1) is 4.66. The minimum absolute atomic E-state index is 0.140. The van der Waals surface area contributed by atoms with Crippen LogP contribution in [0.5, 0.6) is 0 Å². The Morgan fingerprint density at radius 1 is 1.80 bits per heavy atom. The summed E-state index contributed by atoms with van der Waals surface area (Å²) in [4.78, 5) is 0. The van der Waals surface area contributed by atoms with Gasteiger partial charge in [0.25, 0.3) is 0 Å². The third-order valence-electron chi connectivity index (χ3n) is 0.869. The highest BCUT2D eigenvalue weighted by Gasteiger charge is 1.98. The normalized spacial score (nSPS) is 16.7. The zero-order valence-corrected chi connectivity index (χ0v) is 6.94. The standard InChI is InChI=1S/C5H13NO3S/c1-3-9-4-5(2)6-10(7)8/h5-6H,3-4H2,1-2H3,(H,7,8)/p-1. The van der Waals surface area contributed by atoms with Gasteiger partial charge in [0.15, 0.2) is 0 Å². The lowest BCUT2D eigenvalue weighted by atomic mass is 10.4. The van der Waals surface area contributed by atoms with Gasteiger partial charge in [-0.15, -0.1) is 0 Å². The molecule has 0 amide bonds. The molecule has 0 aliphatic carbocycles. The SMILES string of the molecule is CCOCC(C)NS(=O)[O-]. The third-order valence-corrected chi connectivity index (χ3v) is 1.46. The molecule has 0 aromatic heterocycles. The van der Waals surface area contributed by atoms with E-state index in [2.05, 4.69) is 4.72 Å². The van der Waals surface area contributed by atoms with E-state index in [0.717, 1.165) is 0 Å². The fourth-order valence-corrected chi connectivity index (χ4v) is 0.889. The van der Waals surface area contributed by atoms with Crippen LogP contribution in [0.25, 0.3) is 0 Å². The molecule has 5 heteroatoms. The van der Waals surface area contributed by atoms with E-state index >= 15 is 0 Å². The average molecular weight is 166 g/mol. The second-order valence-corrected chi connectivity index (χ2v) is 2.62. The van der Waals surface area contributed by atoms with E-state index < -0.39 is 11.3 Å². The molecule has 2 atom stereocenters. The monoisotopic (exact) mass is 166 g/mol. The molecule has 0 aromatic rings. The van der Waals surface area contributed by atoms with E-state index in [1.165, 1.54) is 0 Å². The molecule has 2 unspecified atom stereocenters. The topological polar surface area (TPSA) is 61.4 Å². The van der Waals surface area contributed by atoms with Crippen molar-refractivity contribution in [3.63, 3.8) is 0 Å². The molecule has 1 N–H and O–H groups in total. The van der Waals surface area contributed by atoms with Crippen LogP contribution in [0.15, 0.2) is 0 Å². The quantitative estimate of drug-likeness (QED) is 0.575. The van der Waals surface area contributed by atoms with E-state index in [-0.39, 0.29) is 6.04 Å². The molecule has 0 heterocycles. The molecule has 0 saturated carbocycles.